The second-order valence-electron chi connectivity index (χ2n) is 2.08. The van der Waals surface area contributed by atoms with Crippen LogP contribution in [0.1, 0.15) is 13.8 Å². The van der Waals surface area contributed by atoms with E-state index in [4.69, 9.17) is 11.1 Å². The molecule has 4 nitrogen and oxygen atoms in total. The molecule has 1 aliphatic heterocycles. The Kier molecular flexibility index (Phi) is 1.83. The van der Waals surface area contributed by atoms with E-state index in [2.05, 4.69) is 5.08 Å². The van der Waals surface area contributed by atoms with Crippen molar-refractivity contribution in [1.29, 1.82) is 5.39 Å². The maximum atomic E-state index is 8.45. The molecule has 0 aromatic heterocycles. The van der Waals surface area contributed by atoms with E-state index in [1.165, 1.54) is 16.8 Å². The highest BCUT2D eigenvalue weighted by atomic mass is 32.2. The maximum absolute atomic E-state index is 8.45. The van der Waals surface area contributed by atoms with E-state index in [1.54, 1.807) is 0 Å². The van der Waals surface area contributed by atoms with Crippen molar-refractivity contribution in [2.75, 3.05) is 0 Å². The van der Waals surface area contributed by atoms with Crippen molar-refractivity contribution in [3.63, 3.8) is 0 Å². The fourth-order valence-electron chi connectivity index (χ4n) is 0.786. The molecule has 5 heteroatoms. The van der Waals surface area contributed by atoms with E-state index < -0.39 is 0 Å². The number of thioether (sulfide) groups is 1. The van der Waals surface area contributed by atoms with Gasteiger partial charge in [0.25, 0.3) is 5.39 Å². The third kappa shape index (κ3) is 0.958. The van der Waals surface area contributed by atoms with Gasteiger partial charge in [-0.15, -0.1) is 0 Å². The fraction of sp³-hybridized carbons (Fsp3) is 0.600. The van der Waals surface area contributed by atoms with Crippen LogP contribution in [0.4, 0.5) is 0 Å². The van der Waals surface area contributed by atoms with Gasteiger partial charge in [0.15, 0.2) is 0 Å². The Labute approximate surface area is 63.7 Å². The zero-order valence-electron chi connectivity index (χ0n) is 5.90. The molecular weight excluding hydrogens is 148 g/mol. The number of allylic oxidation sites excluding steroid dienone is 2. The minimum absolute atomic E-state index is 0.259. The second kappa shape index (κ2) is 2.48. The molecule has 0 saturated heterocycles. The summed E-state index contributed by atoms with van der Waals surface area (Å²) in [5.74, 6) is 0. The molecule has 1 heterocycles. The molecule has 1 atom stereocenters. The minimum atomic E-state index is -0.259. The monoisotopic (exact) mass is 157 g/mol. The summed E-state index contributed by atoms with van der Waals surface area (Å²) in [5, 5.41) is 12.9. The molecule has 0 spiro atoms. The van der Waals surface area contributed by atoms with Gasteiger partial charge in [0.05, 0.1) is 0 Å². The van der Waals surface area contributed by atoms with Gasteiger partial charge in [0, 0.05) is 9.91 Å². The first-order valence-electron chi connectivity index (χ1n) is 2.90. The molecule has 1 aliphatic rings. The number of hydrogen-bond acceptors (Lipinski definition) is 4. The topological polar surface area (TPSA) is 57.4 Å². The molecule has 2 N–H and O–H groups in total. The Hall–Kier alpha value is -0.730. The molecule has 10 heavy (non-hydrogen) atoms. The summed E-state index contributed by atoms with van der Waals surface area (Å²) in [6.07, 6.45) is 0. The SMILES string of the molecule is CC1=C(C)N([N+]#N)C(N)S1. The van der Waals surface area contributed by atoms with Crippen LogP contribution in [0.3, 0.4) is 0 Å². The van der Waals surface area contributed by atoms with Crippen LogP contribution in [0, 0.1) is 5.39 Å². The van der Waals surface area contributed by atoms with Gasteiger partial charge in [-0.3, -0.25) is 5.73 Å². The first-order chi connectivity index (χ1) is 4.66. The molecule has 0 radical (unpaired) electrons. The lowest BCUT2D eigenvalue weighted by molar-refractivity contribution is 0.440. The molecule has 0 aromatic rings. The quantitative estimate of drug-likeness (QED) is 0.538. The van der Waals surface area contributed by atoms with Crippen molar-refractivity contribution in [2.24, 2.45) is 5.73 Å². The molecule has 1 rings (SSSR count). The molecule has 54 valence electrons. The number of nitrogens with two attached hydrogens (primary N) is 1. The summed E-state index contributed by atoms with van der Waals surface area (Å²) >= 11 is 1.49. The summed E-state index contributed by atoms with van der Waals surface area (Å²) in [6, 6.07) is 0. The minimum Gasteiger partial charge on any atom is -0.296 e. The molecular formula is C5H9N4S+. The number of nitrogens with zero attached hydrogens (tertiary/aromatic N) is 3. The van der Waals surface area contributed by atoms with Gasteiger partial charge in [0.1, 0.15) is 5.70 Å². The fourth-order valence-corrected chi connectivity index (χ4v) is 1.71. The van der Waals surface area contributed by atoms with Crippen LogP contribution < -0.4 is 5.73 Å². The van der Waals surface area contributed by atoms with Crippen LogP contribution in [0.15, 0.2) is 10.6 Å². The Bertz CT molecular complexity index is 216. The molecule has 0 aliphatic carbocycles. The third-order valence-electron chi connectivity index (χ3n) is 1.49. The summed E-state index contributed by atoms with van der Waals surface area (Å²) in [7, 11) is 0. The Balaban J connectivity index is 2.85. The van der Waals surface area contributed by atoms with Crippen LogP contribution >= 0.6 is 11.8 Å². The van der Waals surface area contributed by atoms with Crippen LogP contribution in [0.5, 0.6) is 0 Å². The average Bonchev–Trinajstić information content (AvgIpc) is 2.09. The summed E-state index contributed by atoms with van der Waals surface area (Å²) in [6.45, 7) is 3.82. The van der Waals surface area contributed by atoms with Gasteiger partial charge in [-0.25, -0.2) is 0 Å². The lowest BCUT2D eigenvalue weighted by Crippen LogP contribution is -2.28. The van der Waals surface area contributed by atoms with Crippen molar-refractivity contribution in [1.82, 2.24) is 5.01 Å². The molecule has 0 bridgehead atoms. The van der Waals surface area contributed by atoms with Crippen LogP contribution in [0.2, 0.25) is 0 Å². The predicted molar refractivity (Wildman–Crippen MR) is 40.9 cm³/mol. The second-order valence-corrected chi connectivity index (χ2v) is 3.42. The van der Waals surface area contributed by atoms with Crippen molar-refractivity contribution in [3.8, 4) is 0 Å². The van der Waals surface area contributed by atoms with E-state index in [0.717, 1.165) is 10.6 Å². The van der Waals surface area contributed by atoms with Gasteiger partial charge in [-0.05, 0) is 13.8 Å². The largest absolute Gasteiger partial charge is 0.312 e. The summed E-state index contributed by atoms with van der Waals surface area (Å²) in [5.41, 5.74) is 6.22. The summed E-state index contributed by atoms with van der Waals surface area (Å²) in [4.78, 5) is 1.10. The standard InChI is InChI=1S/C5H9N4S/c1-3-4(2)10-5(6)9(3)8-7/h5H,6H2,1-2H3/q+1. The molecule has 0 fully saturated rings. The van der Waals surface area contributed by atoms with Crippen LogP contribution in [-0.2, 0) is 0 Å². The maximum Gasteiger partial charge on any atom is 0.312 e. The van der Waals surface area contributed by atoms with E-state index in [1.807, 2.05) is 13.8 Å². The van der Waals surface area contributed by atoms with E-state index in [-0.39, 0.29) is 5.50 Å². The Morgan fingerprint density at radius 3 is 2.50 bits per heavy atom. The van der Waals surface area contributed by atoms with E-state index >= 15 is 0 Å². The number of diazo groups is 1. The van der Waals surface area contributed by atoms with Crippen molar-refractivity contribution in [2.45, 2.75) is 19.3 Å². The van der Waals surface area contributed by atoms with Gasteiger partial charge in [-0.2, -0.15) is 0 Å². The van der Waals surface area contributed by atoms with Crippen LogP contribution in [0.25, 0.3) is 5.08 Å². The lowest BCUT2D eigenvalue weighted by atomic mass is 10.4. The lowest BCUT2D eigenvalue weighted by Gasteiger charge is -1.99. The van der Waals surface area contributed by atoms with Gasteiger partial charge < -0.3 is 0 Å². The first kappa shape index (κ1) is 7.38. The van der Waals surface area contributed by atoms with E-state index in [9.17, 15) is 0 Å². The van der Waals surface area contributed by atoms with Crippen molar-refractivity contribution < 1.29 is 0 Å². The highest BCUT2D eigenvalue weighted by Crippen LogP contribution is 2.34. The van der Waals surface area contributed by atoms with Crippen molar-refractivity contribution in [3.05, 3.63) is 15.7 Å². The third-order valence-corrected chi connectivity index (χ3v) is 2.58. The zero-order chi connectivity index (χ0) is 7.72. The molecule has 0 saturated carbocycles. The Morgan fingerprint density at radius 2 is 2.30 bits per heavy atom. The highest BCUT2D eigenvalue weighted by molar-refractivity contribution is 8.03. The highest BCUT2D eigenvalue weighted by Gasteiger charge is 2.34. The van der Waals surface area contributed by atoms with E-state index in [0.29, 0.717) is 0 Å². The molecule has 0 amide bonds. The Morgan fingerprint density at radius 1 is 1.70 bits per heavy atom. The summed E-state index contributed by atoms with van der Waals surface area (Å²) < 4.78 is 0. The molecule has 0 aromatic carbocycles. The van der Waals surface area contributed by atoms with Crippen molar-refractivity contribution >= 4 is 11.8 Å². The predicted octanol–water partition coefficient (Wildman–Crippen LogP) is 1.30. The van der Waals surface area contributed by atoms with Gasteiger partial charge in [0.2, 0.25) is 5.50 Å². The molecule has 1 unspecified atom stereocenters. The van der Waals surface area contributed by atoms with Crippen LogP contribution in [-0.4, -0.2) is 10.5 Å². The normalized spacial score (nSPS) is 25.4. The first-order valence-corrected chi connectivity index (χ1v) is 3.78. The van der Waals surface area contributed by atoms with Gasteiger partial charge in [-0.1, -0.05) is 11.8 Å². The zero-order valence-corrected chi connectivity index (χ0v) is 6.72. The number of hydrogen-bond donors (Lipinski definition) is 1. The number of rotatable bonds is 0. The smallest absolute Gasteiger partial charge is 0.296 e. The average molecular weight is 157 g/mol. The van der Waals surface area contributed by atoms with Gasteiger partial charge >= 0.3 is 5.08 Å².